The zero-order valence-corrected chi connectivity index (χ0v) is 9.36. The minimum absolute atomic E-state index is 0.563. The van der Waals surface area contributed by atoms with E-state index in [0.717, 1.165) is 30.8 Å². The SMILES string of the molecule is CCO[P+](=O)CCCCCBr. The van der Waals surface area contributed by atoms with Gasteiger partial charge in [-0.1, -0.05) is 15.9 Å². The number of rotatable bonds is 7. The fourth-order valence-corrected chi connectivity index (χ4v) is 2.02. The van der Waals surface area contributed by atoms with Crippen molar-refractivity contribution in [2.75, 3.05) is 18.1 Å². The molecule has 0 aromatic rings. The maximum Gasteiger partial charge on any atom is 0.508 e. The van der Waals surface area contributed by atoms with Crippen molar-refractivity contribution in [2.24, 2.45) is 0 Å². The number of hydrogen-bond acceptors (Lipinski definition) is 2. The minimum atomic E-state index is -1.36. The molecule has 0 aromatic carbocycles. The van der Waals surface area contributed by atoms with Crippen LogP contribution in [0.1, 0.15) is 26.2 Å². The van der Waals surface area contributed by atoms with E-state index in [-0.39, 0.29) is 0 Å². The van der Waals surface area contributed by atoms with Crippen LogP contribution in [0.25, 0.3) is 0 Å². The Morgan fingerprint density at radius 1 is 1.36 bits per heavy atom. The van der Waals surface area contributed by atoms with Crippen molar-refractivity contribution in [1.82, 2.24) is 0 Å². The first-order chi connectivity index (χ1) is 5.31. The predicted octanol–water partition coefficient (Wildman–Crippen LogP) is 3.33. The van der Waals surface area contributed by atoms with Crippen molar-refractivity contribution in [3.8, 4) is 0 Å². The molecule has 66 valence electrons. The van der Waals surface area contributed by atoms with E-state index < -0.39 is 8.03 Å². The third-order valence-electron chi connectivity index (χ3n) is 1.25. The Morgan fingerprint density at radius 3 is 2.64 bits per heavy atom. The van der Waals surface area contributed by atoms with Gasteiger partial charge in [0.2, 0.25) is 0 Å². The summed E-state index contributed by atoms with van der Waals surface area (Å²) in [6.45, 7) is 2.43. The summed E-state index contributed by atoms with van der Waals surface area (Å²) in [5.41, 5.74) is 0. The summed E-state index contributed by atoms with van der Waals surface area (Å²) < 4.78 is 15.8. The van der Waals surface area contributed by atoms with Crippen LogP contribution < -0.4 is 0 Å². The Bertz CT molecular complexity index is 109. The molecule has 0 aliphatic carbocycles. The summed E-state index contributed by atoms with van der Waals surface area (Å²) in [4.78, 5) is 0. The van der Waals surface area contributed by atoms with Crippen molar-refractivity contribution in [1.29, 1.82) is 0 Å². The second kappa shape index (κ2) is 8.63. The second-order valence-electron chi connectivity index (χ2n) is 2.22. The lowest BCUT2D eigenvalue weighted by Gasteiger charge is -1.89. The van der Waals surface area contributed by atoms with Crippen LogP contribution in [0.4, 0.5) is 0 Å². The highest BCUT2D eigenvalue weighted by Crippen LogP contribution is 2.23. The van der Waals surface area contributed by atoms with E-state index in [2.05, 4.69) is 15.9 Å². The smallest absolute Gasteiger partial charge is 0.147 e. The van der Waals surface area contributed by atoms with Crippen LogP contribution in [-0.4, -0.2) is 18.1 Å². The third kappa shape index (κ3) is 8.45. The normalized spacial score (nSPS) is 11.6. The van der Waals surface area contributed by atoms with Crippen LogP contribution >= 0.6 is 24.0 Å². The molecule has 0 bridgehead atoms. The number of alkyl halides is 1. The first-order valence-electron chi connectivity index (χ1n) is 3.94. The van der Waals surface area contributed by atoms with E-state index in [0.29, 0.717) is 6.61 Å². The van der Waals surface area contributed by atoms with Gasteiger partial charge in [0.15, 0.2) is 6.16 Å². The molecule has 11 heavy (non-hydrogen) atoms. The summed E-state index contributed by atoms with van der Waals surface area (Å²) in [5, 5.41) is 1.04. The van der Waals surface area contributed by atoms with Gasteiger partial charge in [-0.3, -0.25) is 0 Å². The summed E-state index contributed by atoms with van der Waals surface area (Å²) >= 11 is 3.34. The lowest BCUT2D eigenvalue weighted by atomic mass is 10.3. The standard InChI is InChI=1S/C7H15BrO2P/c1-2-10-11(9)7-5-3-4-6-8/h2-7H2,1H3/q+1. The number of halogens is 1. The van der Waals surface area contributed by atoms with Crippen molar-refractivity contribution in [2.45, 2.75) is 26.2 Å². The number of hydrogen-bond donors (Lipinski definition) is 0. The van der Waals surface area contributed by atoms with Crippen molar-refractivity contribution < 1.29 is 9.09 Å². The molecule has 1 unspecified atom stereocenters. The van der Waals surface area contributed by atoms with Gasteiger partial charge >= 0.3 is 8.03 Å². The van der Waals surface area contributed by atoms with Gasteiger partial charge in [-0.2, -0.15) is 0 Å². The van der Waals surface area contributed by atoms with Gasteiger partial charge in [0.1, 0.15) is 0 Å². The molecule has 4 heteroatoms. The van der Waals surface area contributed by atoms with Crippen LogP contribution in [-0.2, 0) is 9.09 Å². The molecule has 0 fully saturated rings. The fourth-order valence-electron chi connectivity index (χ4n) is 0.721. The van der Waals surface area contributed by atoms with E-state index in [1.54, 1.807) is 0 Å². The van der Waals surface area contributed by atoms with E-state index >= 15 is 0 Å². The summed E-state index contributed by atoms with van der Waals surface area (Å²) in [5.74, 6) is 0. The Kier molecular flexibility index (Phi) is 9.06. The monoisotopic (exact) mass is 241 g/mol. The largest absolute Gasteiger partial charge is 0.508 e. The molecule has 0 spiro atoms. The number of unbranched alkanes of at least 4 members (excludes halogenated alkanes) is 2. The first kappa shape index (κ1) is 11.5. The predicted molar refractivity (Wildman–Crippen MR) is 51.7 cm³/mol. The van der Waals surface area contributed by atoms with E-state index in [4.69, 9.17) is 4.52 Å². The van der Waals surface area contributed by atoms with Gasteiger partial charge in [-0.15, -0.1) is 4.52 Å². The zero-order chi connectivity index (χ0) is 8.53. The Balaban J connectivity index is 3.04. The lowest BCUT2D eigenvalue weighted by molar-refractivity contribution is 0.349. The van der Waals surface area contributed by atoms with Crippen molar-refractivity contribution in [3.05, 3.63) is 0 Å². The molecule has 0 N–H and O–H groups in total. The maximum atomic E-state index is 10.9. The molecule has 0 rings (SSSR count). The summed E-state index contributed by atoms with van der Waals surface area (Å²) in [6.07, 6.45) is 4.03. The van der Waals surface area contributed by atoms with Crippen LogP contribution in [0.3, 0.4) is 0 Å². The third-order valence-corrected chi connectivity index (χ3v) is 3.04. The van der Waals surface area contributed by atoms with Gasteiger partial charge < -0.3 is 0 Å². The molecule has 1 atom stereocenters. The molecule has 0 saturated heterocycles. The Morgan fingerprint density at radius 2 is 2.09 bits per heavy atom. The average molecular weight is 242 g/mol. The topological polar surface area (TPSA) is 26.3 Å². The quantitative estimate of drug-likeness (QED) is 0.389. The van der Waals surface area contributed by atoms with E-state index in [9.17, 15) is 4.57 Å². The van der Waals surface area contributed by atoms with Gasteiger partial charge in [-0.25, -0.2) is 0 Å². The average Bonchev–Trinajstić information content (AvgIpc) is 1.99. The van der Waals surface area contributed by atoms with Gasteiger partial charge in [0.05, 0.1) is 6.61 Å². The van der Waals surface area contributed by atoms with Crippen molar-refractivity contribution >= 4 is 24.0 Å². The summed E-state index contributed by atoms with van der Waals surface area (Å²) in [6, 6.07) is 0. The molecule has 2 nitrogen and oxygen atoms in total. The van der Waals surface area contributed by atoms with Crippen molar-refractivity contribution in [3.63, 3.8) is 0 Å². The Labute approximate surface area is 77.7 Å². The zero-order valence-electron chi connectivity index (χ0n) is 6.88. The molecular formula is C7H15BrO2P+. The van der Waals surface area contributed by atoms with Crippen LogP contribution in [0.2, 0.25) is 0 Å². The van der Waals surface area contributed by atoms with E-state index in [1.165, 1.54) is 0 Å². The minimum Gasteiger partial charge on any atom is -0.147 e. The molecule has 0 heterocycles. The fraction of sp³-hybridized carbons (Fsp3) is 1.00. The molecule has 0 radical (unpaired) electrons. The molecule has 0 saturated carbocycles. The van der Waals surface area contributed by atoms with Gasteiger partial charge in [-0.05, 0) is 30.8 Å². The van der Waals surface area contributed by atoms with Crippen LogP contribution in [0, 0.1) is 0 Å². The highest BCUT2D eigenvalue weighted by atomic mass is 79.9. The van der Waals surface area contributed by atoms with Gasteiger partial charge in [0.25, 0.3) is 0 Å². The van der Waals surface area contributed by atoms with Crippen LogP contribution in [0.15, 0.2) is 0 Å². The second-order valence-corrected chi connectivity index (χ2v) is 4.39. The van der Waals surface area contributed by atoms with Crippen LogP contribution in [0.5, 0.6) is 0 Å². The lowest BCUT2D eigenvalue weighted by Crippen LogP contribution is -1.85. The molecule has 0 aliphatic rings. The van der Waals surface area contributed by atoms with E-state index in [1.807, 2.05) is 6.92 Å². The molecule has 0 amide bonds. The maximum absolute atomic E-state index is 10.9. The Hall–Kier alpha value is 0.540. The van der Waals surface area contributed by atoms with Gasteiger partial charge in [0, 0.05) is 5.33 Å². The highest BCUT2D eigenvalue weighted by molar-refractivity contribution is 9.09. The first-order valence-corrected chi connectivity index (χ1v) is 6.43. The summed E-state index contributed by atoms with van der Waals surface area (Å²) in [7, 11) is -1.36. The molecule has 0 aromatic heterocycles. The molecule has 0 aliphatic heterocycles. The highest BCUT2D eigenvalue weighted by Gasteiger charge is 2.13. The molecular weight excluding hydrogens is 227 g/mol.